The molecule has 0 aliphatic heterocycles. The summed E-state index contributed by atoms with van der Waals surface area (Å²) in [5.41, 5.74) is 1.19. The number of thiophene rings is 2. The van der Waals surface area contributed by atoms with E-state index in [-0.39, 0.29) is 29.6 Å². The van der Waals surface area contributed by atoms with E-state index in [1.165, 1.54) is 29.6 Å². The lowest BCUT2D eigenvalue weighted by molar-refractivity contribution is -0.119. The normalized spacial score (nSPS) is 10.7. The second kappa shape index (κ2) is 10.5. The summed E-state index contributed by atoms with van der Waals surface area (Å²) in [6.45, 7) is 10.3. The van der Waals surface area contributed by atoms with Crippen molar-refractivity contribution in [2.24, 2.45) is 0 Å². The molecule has 0 aromatic carbocycles. The fourth-order valence-electron chi connectivity index (χ4n) is 2.63. The highest BCUT2D eigenvalue weighted by Crippen LogP contribution is 2.34. The van der Waals surface area contributed by atoms with Gasteiger partial charge < -0.3 is 20.1 Å². The maximum atomic E-state index is 12.6. The molecule has 2 N–H and O–H groups in total. The Morgan fingerprint density at radius 2 is 1.68 bits per heavy atom. The van der Waals surface area contributed by atoms with Crippen molar-refractivity contribution in [2.45, 2.75) is 47.5 Å². The molecule has 0 aliphatic rings. The van der Waals surface area contributed by atoms with Crippen molar-refractivity contribution >= 4 is 56.4 Å². The Bertz CT molecular complexity index is 1010. The summed E-state index contributed by atoms with van der Waals surface area (Å²) in [7, 11) is 0. The minimum atomic E-state index is -0.708. The molecule has 2 heterocycles. The Hall–Kier alpha value is -2.72. The Kier molecular flexibility index (Phi) is 8.35. The van der Waals surface area contributed by atoms with Gasteiger partial charge in [-0.3, -0.25) is 9.59 Å². The summed E-state index contributed by atoms with van der Waals surface area (Å²) in [5, 5.41) is 5.99. The van der Waals surface area contributed by atoms with Crippen molar-refractivity contribution in [3.8, 4) is 0 Å². The lowest BCUT2D eigenvalue weighted by Gasteiger charge is -2.08. The first-order valence-corrected chi connectivity index (χ1v) is 11.3. The van der Waals surface area contributed by atoms with Gasteiger partial charge in [-0.25, -0.2) is 9.59 Å². The topological polar surface area (TPSA) is 111 Å². The molecule has 31 heavy (non-hydrogen) atoms. The highest BCUT2D eigenvalue weighted by atomic mass is 32.1. The number of rotatable bonds is 8. The predicted octanol–water partition coefficient (Wildman–Crippen LogP) is 4.48. The van der Waals surface area contributed by atoms with Crippen LogP contribution >= 0.6 is 22.7 Å². The molecule has 0 spiro atoms. The van der Waals surface area contributed by atoms with Crippen LogP contribution in [0.3, 0.4) is 0 Å². The SMILES string of the molecule is CCOC(=O)c1cc(C(C)C)sc1NC(=O)COC(=O)c1c(NC(C)=O)sc(C)c1C. The van der Waals surface area contributed by atoms with Crippen LogP contribution in [-0.4, -0.2) is 37.0 Å². The van der Waals surface area contributed by atoms with Gasteiger partial charge in [0.05, 0.1) is 17.7 Å². The zero-order valence-corrected chi connectivity index (χ0v) is 20.0. The van der Waals surface area contributed by atoms with Crippen LogP contribution in [0, 0.1) is 13.8 Å². The quantitative estimate of drug-likeness (QED) is 0.555. The second-order valence-corrected chi connectivity index (χ2v) is 9.37. The third kappa shape index (κ3) is 6.14. The summed E-state index contributed by atoms with van der Waals surface area (Å²) in [6, 6.07) is 1.70. The predicted molar refractivity (Wildman–Crippen MR) is 121 cm³/mol. The van der Waals surface area contributed by atoms with Gasteiger partial charge in [-0.15, -0.1) is 22.7 Å². The van der Waals surface area contributed by atoms with Gasteiger partial charge in [0.15, 0.2) is 6.61 Å². The van der Waals surface area contributed by atoms with E-state index in [9.17, 15) is 19.2 Å². The summed E-state index contributed by atoms with van der Waals surface area (Å²) < 4.78 is 10.2. The lowest BCUT2D eigenvalue weighted by Crippen LogP contribution is -2.22. The fraction of sp³-hybridized carbons (Fsp3) is 0.429. The molecule has 8 nitrogen and oxygen atoms in total. The maximum Gasteiger partial charge on any atom is 0.341 e. The van der Waals surface area contributed by atoms with E-state index in [4.69, 9.17) is 9.47 Å². The zero-order valence-electron chi connectivity index (χ0n) is 18.3. The van der Waals surface area contributed by atoms with E-state index in [1.54, 1.807) is 19.9 Å². The smallest absolute Gasteiger partial charge is 0.341 e. The highest BCUT2D eigenvalue weighted by Gasteiger charge is 2.24. The van der Waals surface area contributed by atoms with E-state index in [1.807, 2.05) is 20.8 Å². The van der Waals surface area contributed by atoms with Crippen LogP contribution in [0.15, 0.2) is 6.07 Å². The van der Waals surface area contributed by atoms with Gasteiger partial charge in [-0.2, -0.15) is 0 Å². The van der Waals surface area contributed by atoms with E-state index in [0.29, 0.717) is 15.6 Å². The number of carbonyl (C=O) groups excluding carboxylic acids is 4. The summed E-state index contributed by atoms with van der Waals surface area (Å²) in [5.74, 6) is -1.96. The standard InChI is InChI=1S/C21H26N2O6S2/c1-7-28-20(26)14-8-15(10(2)3)31-18(14)23-16(25)9-29-21(27)17-11(4)12(5)30-19(17)22-13(6)24/h8,10H,7,9H2,1-6H3,(H,22,24)(H,23,25). The molecule has 2 aromatic rings. The molecule has 0 saturated carbocycles. The minimum Gasteiger partial charge on any atom is -0.462 e. The molecule has 10 heteroatoms. The number of hydrogen-bond donors (Lipinski definition) is 2. The van der Waals surface area contributed by atoms with Crippen molar-refractivity contribution < 1.29 is 28.7 Å². The van der Waals surface area contributed by atoms with Crippen LogP contribution in [0.25, 0.3) is 0 Å². The molecular formula is C21H26N2O6S2. The molecule has 168 valence electrons. The molecule has 0 bridgehead atoms. The van der Waals surface area contributed by atoms with Crippen LogP contribution in [0.5, 0.6) is 0 Å². The largest absolute Gasteiger partial charge is 0.462 e. The number of carbonyl (C=O) groups is 4. The van der Waals surface area contributed by atoms with Gasteiger partial charge in [0.2, 0.25) is 5.91 Å². The van der Waals surface area contributed by atoms with Crippen LogP contribution in [-0.2, 0) is 19.1 Å². The van der Waals surface area contributed by atoms with Crippen molar-refractivity contribution in [1.29, 1.82) is 0 Å². The summed E-state index contributed by atoms with van der Waals surface area (Å²) in [6.07, 6.45) is 0. The Morgan fingerprint density at radius 3 is 2.26 bits per heavy atom. The molecule has 0 unspecified atom stereocenters. The van der Waals surface area contributed by atoms with Gasteiger partial charge in [0.25, 0.3) is 5.91 Å². The van der Waals surface area contributed by atoms with Crippen molar-refractivity contribution in [2.75, 3.05) is 23.8 Å². The number of anilines is 2. The number of hydrogen-bond acceptors (Lipinski definition) is 8. The molecule has 2 rings (SSSR count). The highest BCUT2D eigenvalue weighted by molar-refractivity contribution is 7.17. The van der Waals surface area contributed by atoms with Crippen LogP contribution < -0.4 is 10.6 Å². The average Bonchev–Trinajstić information content (AvgIpc) is 3.21. The van der Waals surface area contributed by atoms with E-state index >= 15 is 0 Å². The third-order valence-electron chi connectivity index (χ3n) is 4.28. The number of nitrogens with one attached hydrogen (secondary N) is 2. The number of amides is 2. The second-order valence-electron chi connectivity index (χ2n) is 7.06. The van der Waals surface area contributed by atoms with Crippen LogP contribution in [0.1, 0.15) is 69.6 Å². The summed E-state index contributed by atoms with van der Waals surface area (Å²) in [4.78, 5) is 50.4. The molecule has 0 radical (unpaired) electrons. The first kappa shape index (κ1) is 24.5. The monoisotopic (exact) mass is 466 g/mol. The molecular weight excluding hydrogens is 440 g/mol. The molecule has 0 fully saturated rings. The molecule has 0 saturated heterocycles. The molecule has 0 atom stereocenters. The average molecular weight is 467 g/mol. The first-order chi connectivity index (χ1) is 14.5. The first-order valence-electron chi connectivity index (χ1n) is 9.70. The number of esters is 2. The van der Waals surface area contributed by atoms with Crippen molar-refractivity contribution in [3.63, 3.8) is 0 Å². The van der Waals surface area contributed by atoms with Crippen LogP contribution in [0.2, 0.25) is 0 Å². The number of ether oxygens (including phenoxy) is 2. The Labute approximate surface area is 188 Å². The fourth-order valence-corrected chi connectivity index (χ4v) is 4.79. The van der Waals surface area contributed by atoms with Crippen molar-refractivity contribution in [3.05, 3.63) is 32.5 Å². The third-order valence-corrected chi connectivity index (χ3v) is 6.76. The van der Waals surface area contributed by atoms with Gasteiger partial charge in [0.1, 0.15) is 10.0 Å². The van der Waals surface area contributed by atoms with E-state index < -0.39 is 24.5 Å². The van der Waals surface area contributed by atoms with Gasteiger partial charge in [-0.05, 0) is 38.3 Å². The minimum absolute atomic E-state index is 0.165. The zero-order chi connectivity index (χ0) is 23.3. The van der Waals surface area contributed by atoms with E-state index in [2.05, 4.69) is 10.6 Å². The van der Waals surface area contributed by atoms with Gasteiger partial charge in [-0.1, -0.05) is 13.8 Å². The Morgan fingerprint density at radius 1 is 1.00 bits per heavy atom. The number of aryl methyl sites for hydroxylation is 1. The summed E-state index contributed by atoms with van der Waals surface area (Å²) >= 11 is 2.54. The van der Waals surface area contributed by atoms with E-state index in [0.717, 1.165) is 9.75 Å². The van der Waals surface area contributed by atoms with Gasteiger partial charge in [0, 0.05) is 16.7 Å². The lowest BCUT2D eigenvalue weighted by atomic mass is 10.1. The van der Waals surface area contributed by atoms with Gasteiger partial charge >= 0.3 is 11.9 Å². The molecule has 2 amide bonds. The molecule has 0 aliphatic carbocycles. The molecule has 2 aromatic heterocycles. The Balaban J connectivity index is 2.12. The maximum absolute atomic E-state index is 12.6. The van der Waals surface area contributed by atoms with Crippen LogP contribution in [0.4, 0.5) is 10.0 Å². The van der Waals surface area contributed by atoms with Crippen molar-refractivity contribution in [1.82, 2.24) is 0 Å².